The number of benzene rings is 1. The molecular weight excluding hydrogens is 306 g/mol. The van der Waals surface area contributed by atoms with Crippen LogP contribution in [0.5, 0.6) is 0 Å². The molecule has 0 bridgehead atoms. The van der Waals surface area contributed by atoms with Gasteiger partial charge in [-0.25, -0.2) is 0 Å². The lowest BCUT2D eigenvalue weighted by atomic mass is 10.1. The van der Waals surface area contributed by atoms with Crippen molar-refractivity contribution in [2.24, 2.45) is 0 Å². The molecule has 0 aliphatic heterocycles. The molecule has 1 rings (SSSR count). The Bertz CT molecular complexity index is 471. The van der Waals surface area contributed by atoms with E-state index in [-0.39, 0.29) is 6.42 Å². The Morgan fingerprint density at radius 3 is 2.45 bits per heavy atom. The van der Waals surface area contributed by atoms with Crippen molar-refractivity contribution in [2.75, 3.05) is 0 Å². The number of allylic oxidation sites excluding steroid dienone is 1. The predicted octanol–water partition coefficient (Wildman–Crippen LogP) is 3.63. The van der Waals surface area contributed by atoms with Crippen molar-refractivity contribution < 1.29 is 18.1 Å². The van der Waals surface area contributed by atoms with Gasteiger partial charge in [-0.3, -0.25) is 4.21 Å². The van der Waals surface area contributed by atoms with Gasteiger partial charge >= 0.3 is 5.38 Å². The molecule has 0 saturated heterocycles. The highest BCUT2D eigenvalue weighted by molar-refractivity contribution is 7.85. The van der Waals surface area contributed by atoms with E-state index in [1.807, 2.05) is 6.92 Å². The van der Waals surface area contributed by atoms with Crippen molar-refractivity contribution in [1.82, 2.24) is 0 Å². The van der Waals surface area contributed by atoms with E-state index in [4.69, 9.17) is 11.6 Å². The Labute approximate surface area is 124 Å². The molecule has 0 aliphatic rings. The standard InChI is InChI=1S/C14H17ClF2O2S/c1-3-4-5-12(13(18)14(15,16)17)20(19)11-8-6-10(2)7-9-11/h3,6-9,12-13,18H,1,4-5H2,2H3/t12-,13-,20-/m0/s1. The fourth-order valence-corrected chi connectivity index (χ4v) is 3.46. The molecule has 0 heterocycles. The fourth-order valence-electron chi connectivity index (χ4n) is 1.72. The lowest BCUT2D eigenvalue weighted by Gasteiger charge is -2.25. The molecule has 1 N–H and O–H groups in total. The number of halogens is 3. The Morgan fingerprint density at radius 2 is 2.00 bits per heavy atom. The summed E-state index contributed by atoms with van der Waals surface area (Å²) in [5, 5.41) is 4.69. The minimum absolute atomic E-state index is 0.119. The zero-order chi connectivity index (χ0) is 15.3. The summed E-state index contributed by atoms with van der Waals surface area (Å²) in [6.07, 6.45) is -0.163. The van der Waals surface area contributed by atoms with E-state index >= 15 is 0 Å². The number of hydrogen-bond donors (Lipinski definition) is 1. The lowest BCUT2D eigenvalue weighted by molar-refractivity contribution is -0.0422. The average Bonchev–Trinajstić information content (AvgIpc) is 2.38. The molecule has 1 aromatic rings. The molecule has 0 fully saturated rings. The number of aliphatic hydroxyl groups excluding tert-OH is 1. The Kier molecular flexibility index (Phi) is 6.30. The van der Waals surface area contributed by atoms with Gasteiger partial charge in [0.05, 0.1) is 16.0 Å². The molecule has 1 aromatic carbocycles. The predicted molar refractivity (Wildman–Crippen MR) is 77.6 cm³/mol. The lowest BCUT2D eigenvalue weighted by Crippen LogP contribution is -2.41. The van der Waals surface area contributed by atoms with Gasteiger partial charge in [-0.1, -0.05) is 23.8 Å². The second-order valence-electron chi connectivity index (χ2n) is 4.50. The molecule has 0 spiro atoms. The molecule has 3 atom stereocenters. The summed E-state index contributed by atoms with van der Waals surface area (Å²) < 4.78 is 38.6. The number of aliphatic hydroxyl groups is 1. The van der Waals surface area contributed by atoms with Crippen LogP contribution in [0.3, 0.4) is 0 Å². The molecule has 0 aliphatic carbocycles. The third-order valence-electron chi connectivity index (χ3n) is 2.87. The first-order valence-electron chi connectivity index (χ1n) is 6.10. The molecule has 0 amide bonds. The summed E-state index contributed by atoms with van der Waals surface area (Å²) in [5.74, 6) is 0. The third-order valence-corrected chi connectivity index (χ3v) is 4.87. The maximum absolute atomic E-state index is 13.1. The smallest absolute Gasteiger partial charge is 0.348 e. The summed E-state index contributed by atoms with van der Waals surface area (Å²) in [6.45, 7) is 5.36. The van der Waals surface area contributed by atoms with Gasteiger partial charge in [-0.2, -0.15) is 8.78 Å². The molecule has 0 saturated carbocycles. The monoisotopic (exact) mass is 322 g/mol. The molecular formula is C14H17ClF2O2S. The number of hydrogen-bond acceptors (Lipinski definition) is 2. The van der Waals surface area contributed by atoms with Crippen LogP contribution in [0, 0.1) is 6.92 Å². The molecule has 112 valence electrons. The Hall–Kier alpha value is -0.780. The van der Waals surface area contributed by atoms with Crippen LogP contribution in [0.4, 0.5) is 8.78 Å². The summed E-state index contributed by atoms with van der Waals surface area (Å²) in [7, 11) is -1.77. The van der Waals surface area contributed by atoms with Gasteiger partial charge < -0.3 is 5.11 Å². The van der Waals surface area contributed by atoms with Gasteiger partial charge in [-0.05, 0) is 43.5 Å². The van der Waals surface area contributed by atoms with Crippen molar-refractivity contribution in [1.29, 1.82) is 0 Å². The highest BCUT2D eigenvalue weighted by Gasteiger charge is 2.43. The number of rotatable bonds is 7. The van der Waals surface area contributed by atoms with Crippen LogP contribution in [0.2, 0.25) is 0 Å². The molecule has 0 radical (unpaired) electrons. The topological polar surface area (TPSA) is 37.3 Å². The van der Waals surface area contributed by atoms with E-state index in [1.54, 1.807) is 24.3 Å². The SMILES string of the molecule is C=CCC[C@@H]([C@H](O)C(F)(F)Cl)[S@@](=O)c1ccc(C)cc1. The van der Waals surface area contributed by atoms with Crippen LogP contribution >= 0.6 is 11.6 Å². The first-order valence-corrected chi connectivity index (χ1v) is 7.69. The van der Waals surface area contributed by atoms with Crippen molar-refractivity contribution >= 4 is 22.4 Å². The summed E-state index contributed by atoms with van der Waals surface area (Å²) in [5.41, 5.74) is 0.969. The van der Waals surface area contributed by atoms with E-state index in [9.17, 15) is 18.1 Å². The van der Waals surface area contributed by atoms with Gasteiger partial charge in [0, 0.05) is 4.90 Å². The molecule has 2 nitrogen and oxygen atoms in total. The second-order valence-corrected chi connectivity index (χ2v) is 6.68. The first-order chi connectivity index (χ1) is 9.27. The quantitative estimate of drug-likeness (QED) is 0.615. The average molecular weight is 323 g/mol. The van der Waals surface area contributed by atoms with Crippen molar-refractivity contribution in [3.05, 3.63) is 42.5 Å². The zero-order valence-corrected chi connectivity index (χ0v) is 12.6. The van der Waals surface area contributed by atoms with Gasteiger partial charge in [0.1, 0.15) is 6.10 Å². The summed E-state index contributed by atoms with van der Waals surface area (Å²) in [4.78, 5) is 0.393. The highest BCUT2D eigenvalue weighted by atomic mass is 35.5. The van der Waals surface area contributed by atoms with Crippen LogP contribution in [0.15, 0.2) is 41.8 Å². The van der Waals surface area contributed by atoms with Crippen LogP contribution in [-0.2, 0) is 10.8 Å². The number of aryl methyl sites for hydroxylation is 1. The second kappa shape index (κ2) is 7.29. The Morgan fingerprint density at radius 1 is 1.45 bits per heavy atom. The van der Waals surface area contributed by atoms with Gasteiger partial charge in [0.15, 0.2) is 0 Å². The van der Waals surface area contributed by atoms with Crippen LogP contribution in [0.1, 0.15) is 18.4 Å². The van der Waals surface area contributed by atoms with Gasteiger partial charge in [0.2, 0.25) is 0 Å². The fraction of sp³-hybridized carbons (Fsp3) is 0.429. The van der Waals surface area contributed by atoms with E-state index in [0.717, 1.165) is 5.56 Å². The maximum atomic E-state index is 13.1. The maximum Gasteiger partial charge on any atom is 0.348 e. The van der Waals surface area contributed by atoms with E-state index < -0.39 is 27.5 Å². The summed E-state index contributed by atoms with van der Waals surface area (Å²) >= 11 is 4.87. The molecule has 0 aromatic heterocycles. The van der Waals surface area contributed by atoms with E-state index in [1.165, 1.54) is 6.08 Å². The van der Waals surface area contributed by atoms with Gasteiger partial charge in [-0.15, -0.1) is 6.58 Å². The highest BCUT2D eigenvalue weighted by Crippen LogP contribution is 2.31. The molecule has 0 unspecified atom stereocenters. The molecule has 20 heavy (non-hydrogen) atoms. The van der Waals surface area contributed by atoms with E-state index in [2.05, 4.69) is 6.58 Å². The van der Waals surface area contributed by atoms with E-state index in [0.29, 0.717) is 11.3 Å². The van der Waals surface area contributed by atoms with Crippen LogP contribution < -0.4 is 0 Å². The van der Waals surface area contributed by atoms with Crippen LogP contribution in [-0.4, -0.2) is 26.1 Å². The minimum Gasteiger partial charge on any atom is -0.384 e. The van der Waals surface area contributed by atoms with Crippen molar-refractivity contribution in [3.63, 3.8) is 0 Å². The third kappa shape index (κ3) is 4.65. The normalized spacial score (nSPS) is 16.4. The largest absolute Gasteiger partial charge is 0.384 e. The molecule has 6 heteroatoms. The van der Waals surface area contributed by atoms with Crippen LogP contribution in [0.25, 0.3) is 0 Å². The first kappa shape index (κ1) is 17.3. The van der Waals surface area contributed by atoms with Gasteiger partial charge in [0.25, 0.3) is 0 Å². The Balaban J connectivity index is 3.00. The number of alkyl halides is 3. The minimum atomic E-state index is -3.81. The van der Waals surface area contributed by atoms with Crippen molar-refractivity contribution in [3.8, 4) is 0 Å². The van der Waals surface area contributed by atoms with Crippen molar-refractivity contribution in [2.45, 2.75) is 41.4 Å². The summed E-state index contributed by atoms with van der Waals surface area (Å²) in [6, 6.07) is 6.68. The zero-order valence-electron chi connectivity index (χ0n) is 11.1.